The Hall–Kier alpha value is -2.95. The fourth-order valence-corrected chi connectivity index (χ4v) is 3.17. The number of benzene rings is 2. The molecule has 1 heterocycles. The van der Waals surface area contributed by atoms with Gasteiger partial charge in [-0.1, -0.05) is 24.3 Å². The van der Waals surface area contributed by atoms with Gasteiger partial charge in [-0.2, -0.15) is 0 Å². The first kappa shape index (κ1) is 18.8. The van der Waals surface area contributed by atoms with Crippen LogP contribution >= 0.6 is 0 Å². The summed E-state index contributed by atoms with van der Waals surface area (Å²) in [5.74, 6) is 0.684. The lowest BCUT2D eigenvalue weighted by atomic mass is 10.0. The Kier molecular flexibility index (Phi) is 5.69. The average molecular weight is 363 g/mol. The Morgan fingerprint density at radius 3 is 2.56 bits per heavy atom. The van der Waals surface area contributed by atoms with Crippen LogP contribution < -0.4 is 5.32 Å². The van der Waals surface area contributed by atoms with Crippen molar-refractivity contribution in [1.29, 1.82) is 0 Å². The van der Waals surface area contributed by atoms with Crippen molar-refractivity contribution in [2.75, 3.05) is 0 Å². The summed E-state index contributed by atoms with van der Waals surface area (Å²) in [6, 6.07) is 13.6. The van der Waals surface area contributed by atoms with E-state index in [1.807, 2.05) is 56.3 Å². The number of para-hydroxylation sites is 2. The molecule has 0 aliphatic carbocycles. The molecule has 0 bridgehead atoms. The normalized spacial score (nSPS) is 10.9. The van der Waals surface area contributed by atoms with Gasteiger partial charge in [0.1, 0.15) is 5.82 Å². The van der Waals surface area contributed by atoms with Crippen molar-refractivity contribution in [1.82, 2.24) is 14.9 Å². The fraction of sp³-hybridized carbons (Fsp3) is 0.318. The molecule has 0 saturated carbocycles. The second-order valence-electron chi connectivity index (χ2n) is 6.76. The molecule has 140 valence electrons. The number of hydrogen-bond donors (Lipinski definition) is 1. The molecule has 0 unspecified atom stereocenters. The van der Waals surface area contributed by atoms with Crippen molar-refractivity contribution < 1.29 is 9.59 Å². The Bertz CT molecular complexity index is 988. The summed E-state index contributed by atoms with van der Waals surface area (Å²) in [4.78, 5) is 29.1. The molecule has 3 rings (SSSR count). The van der Waals surface area contributed by atoms with Gasteiger partial charge < -0.3 is 9.88 Å². The van der Waals surface area contributed by atoms with Crippen LogP contribution in [0.1, 0.15) is 47.1 Å². The van der Waals surface area contributed by atoms with Gasteiger partial charge in [0, 0.05) is 24.9 Å². The van der Waals surface area contributed by atoms with Gasteiger partial charge in [-0.05, 0) is 50.1 Å². The predicted molar refractivity (Wildman–Crippen MR) is 107 cm³/mol. The number of imidazole rings is 1. The molecule has 0 radical (unpaired) electrons. The first-order valence-electron chi connectivity index (χ1n) is 9.31. The summed E-state index contributed by atoms with van der Waals surface area (Å²) in [7, 11) is 0. The first-order valence-corrected chi connectivity index (χ1v) is 9.31. The van der Waals surface area contributed by atoms with Gasteiger partial charge in [0.05, 0.1) is 17.6 Å². The third-order valence-corrected chi connectivity index (χ3v) is 4.90. The van der Waals surface area contributed by atoms with E-state index >= 15 is 0 Å². The van der Waals surface area contributed by atoms with E-state index in [9.17, 15) is 9.59 Å². The lowest BCUT2D eigenvalue weighted by Gasteiger charge is -2.08. The van der Waals surface area contributed by atoms with Crippen LogP contribution in [0.2, 0.25) is 0 Å². The molecule has 1 N–H and O–H groups in total. The number of aryl methyl sites for hydroxylation is 3. The quantitative estimate of drug-likeness (QED) is 0.647. The van der Waals surface area contributed by atoms with Crippen molar-refractivity contribution >= 4 is 22.7 Å². The Balaban J connectivity index is 1.57. The Labute approximate surface area is 159 Å². The monoisotopic (exact) mass is 363 g/mol. The minimum Gasteiger partial charge on any atom is -0.349 e. The molecule has 2 aromatic carbocycles. The molecule has 1 amide bonds. The Morgan fingerprint density at radius 1 is 1.04 bits per heavy atom. The predicted octanol–water partition coefficient (Wildman–Crippen LogP) is 3.95. The molecule has 0 aliphatic heterocycles. The number of Topliss-reactive ketones (excluding diaryl/α,β-unsaturated/α-hetero) is 1. The van der Waals surface area contributed by atoms with Crippen molar-refractivity contribution in [3.05, 3.63) is 65.0 Å². The first-order chi connectivity index (χ1) is 13.0. The number of amides is 1. The van der Waals surface area contributed by atoms with Gasteiger partial charge >= 0.3 is 0 Å². The minimum absolute atomic E-state index is 0.00551. The van der Waals surface area contributed by atoms with Crippen LogP contribution in [-0.4, -0.2) is 21.2 Å². The number of carbonyl (C=O) groups is 2. The summed E-state index contributed by atoms with van der Waals surface area (Å²) >= 11 is 0. The highest BCUT2D eigenvalue weighted by Crippen LogP contribution is 2.16. The number of hydrogen-bond acceptors (Lipinski definition) is 3. The summed E-state index contributed by atoms with van der Waals surface area (Å²) in [5, 5.41) is 2.89. The third-order valence-electron chi connectivity index (χ3n) is 4.90. The number of fused-ring (bicyclic) bond motifs is 1. The average Bonchev–Trinajstić information content (AvgIpc) is 3.04. The van der Waals surface area contributed by atoms with Gasteiger partial charge in [0.25, 0.3) is 0 Å². The van der Waals surface area contributed by atoms with Gasteiger partial charge in [-0.15, -0.1) is 0 Å². The smallest absolute Gasteiger partial charge is 0.220 e. The number of aromatic nitrogens is 2. The van der Waals surface area contributed by atoms with E-state index in [-0.39, 0.29) is 24.5 Å². The zero-order valence-corrected chi connectivity index (χ0v) is 16.1. The molecule has 5 heteroatoms. The number of nitrogens with zero attached hydrogens (tertiary/aromatic N) is 2. The van der Waals surface area contributed by atoms with Gasteiger partial charge in [0.15, 0.2) is 5.78 Å². The minimum atomic E-state index is -0.137. The van der Waals surface area contributed by atoms with Crippen molar-refractivity contribution in [3.63, 3.8) is 0 Å². The summed E-state index contributed by atoms with van der Waals surface area (Å²) in [6.07, 6.45) is 0.386. The molecule has 0 fully saturated rings. The Morgan fingerprint density at radius 2 is 1.81 bits per heavy atom. The zero-order chi connectivity index (χ0) is 19.4. The number of ketones is 1. The van der Waals surface area contributed by atoms with E-state index in [1.54, 1.807) is 0 Å². The topological polar surface area (TPSA) is 64.0 Å². The standard InChI is InChI=1S/C22H25N3O2/c1-4-25-19-8-6-5-7-18(19)24-21(25)14-23-22(27)12-11-20(26)17-10-9-15(2)16(3)13-17/h5-10,13H,4,11-12,14H2,1-3H3,(H,23,27). The number of carbonyl (C=O) groups excluding carboxylic acids is 2. The van der Waals surface area contributed by atoms with E-state index in [0.29, 0.717) is 12.1 Å². The highest BCUT2D eigenvalue weighted by Gasteiger charge is 2.12. The van der Waals surface area contributed by atoms with Crippen LogP contribution in [0.25, 0.3) is 11.0 Å². The summed E-state index contributed by atoms with van der Waals surface area (Å²) in [5.41, 5.74) is 4.90. The van der Waals surface area contributed by atoms with Crippen LogP contribution in [0.5, 0.6) is 0 Å². The molecule has 0 atom stereocenters. The van der Waals surface area contributed by atoms with Gasteiger partial charge in [-0.3, -0.25) is 9.59 Å². The van der Waals surface area contributed by atoms with E-state index in [4.69, 9.17) is 0 Å². The van der Waals surface area contributed by atoms with Crippen molar-refractivity contribution in [2.24, 2.45) is 0 Å². The molecule has 0 aliphatic rings. The maximum atomic E-state index is 12.3. The fourth-order valence-electron chi connectivity index (χ4n) is 3.17. The summed E-state index contributed by atoms with van der Waals surface area (Å²) in [6.45, 7) is 7.21. The van der Waals surface area contributed by atoms with Crippen molar-refractivity contribution in [3.8, 4) is 0 Å². The molecule has 5 nitrogen and oxygen atoms in total. The van der Waals surface area contributed by atoms with E-state index < -0.39 is 0 Å². The van der Waals surface area contributed by atoms with Crippen LogP contribution in [0.15, 0.2) is 42.5 Å². The van der Waals surface area contributed by atoms with Gasteiger partial charge in [0.2, 0.25) is 5.91 Å². The molecule has 1 aromatic heterocycles. The number of rotatable bonds is 7. The molecule has 0 saturated heterocycles. The second kappa shape index (κ2) is 8.16. The van der Waals surface area contributed by atoms with Crippen LogP contribution in [-0.2, 0) is 17.9 Å². The third kappa shape index (κ3) is 4.25. The second-order valence-corrected chi connectivity index (χ2v) is 6.76. The molecule has 0 spiro atoms. The molecular weight excluding hydrogens is 338 g/mol. The highest BCUT2D eigenvalue weighted by molar-refractivity contribution is 5.98. The van der Waals surface area contributed by atoms with E-state index in [0.717, 1.165) is 34.5 Å². The van der Waals surface area contributed by atoms with Crippen LogP contribution in [0.4, 0.5) is 0 Å². The van der Waals surface area contributed by atoms with Gasteiger partial charge in [-0.25, -0.2) is 4.98 Å². The SMILES string of the molecule is CCn1c(CNC(=O)CCC(=O)c2ccc(C)c(C)c2)nc2ccccc21. The zero-order valence-electron chi connectivity index (χ0n) is 16.1. The largest absolute Gasteiger partial charge is 0.349 e. The lowest BCUT2D eigenvalue weighted by Crippen LogP contribution is -2.25. The molecule has 27 heavy (non-hydrogen) atoms. The van der Waals surface area contributed by atoms with E-state index in [1.165, 1.54) is 0 Å². The highest BCUT2D eigenvalue weighted by atomic mass is 16.2. The molecule has 3 aromatic rings. The van der Waals surface area contributed by atoms with E-state index in [2.05, 4.69) is 21.8 Å². The summed E-state index contributed by atoms with van der Waals surface area (Å²) < 4.78 is 2.09. The molecular formula is C22H25N3O2. The number of nitrogens with one attached hydrogen (secondary N) is 1. The lowest BCUT2D eigenvalue weighted by molar-refractivity contribution is -0.121. The van der Waals surface area contributed by atoms with Crippen LogP contribution in [0, 0.1) is 13.8 Å². The maximum absolute atomic E-state index is 12.3. The maximum Gasteiger partial charge on any atom is 0.220 e. The van der Waals surface area contributed by atoms with Crippen LogP contribution in [0.3, 0.4) is 0 Å². The van der Waals surface area contributed by atoms with Crippen molar-refractivity contribution in [2.45, 2.75) is 46.7 Å².